The number of hydrogen-bond acceptors (Lipinski definition) is 1. The van der Waals surface area contributed by atoms with Gasteiger partial charge in [-0.3, -0.25) is 0 Å². The molecule has 0 bridgehead atoms. The van der Waals surface area contributed by atoms with Crippen LogP contribution in [0.2, 0.25) is 19.6 Å². The first-order chi connectivity index (χ1) is 14.0. The average molecular weight is 412 g/mol. The van der Waals surface area contributed by atoms with E-state index in [9.17, 15) is 0 Å². The van der Waals surface area contributed by atoms with Crippen LogP contribution in [0.25, 0.3) is 37.9 Å². The minimum absolute atomic E-state index is 0.0285. The first-order valence-corrected chi connectivity index (χ1v) is 14.0. The maximum atomic E-state index is 7.75. The summed E-state index contributed by atoms with van der Waals surface area (Å²) in [6.45, 7) is 23.6. The van der Waals surface area contributed by atoms with Crippen LogP contribution in [-0.4, -0.2) is 8.07 Å². The van der Waals surface area contributed by atoms with Crippen LogP contribution in [0.4, 0.5) is 5.69 Å². The summed E-state index contributed by atoms with van der Waals surface area (Å²) in [7, 11) is -1.38. The summed E-state index contributed by atoms with van der Waals surface area (Å²) in [5, 5.41) is 3.61. The summed E-state index contributed by atoms with van der Waals surface area (Å²) in [5.74, 6) is 0. The smallest absolute Gasteiger partial charge is 0.198 e. The van der Waals surface area contributed by atoms with E-state index in [1.165, 1.54) is 16.3 Å². The Kier molecular flexibility index (Phi) is 4.67. The highest BCUT2D eigenvalue weighted by Gasteiger charge is 2.25. The van der Waals surface area contributed by atoms with Gasteiger partial charge in [-0.2, -0.15) is 0 Å². The van der Waals surface area contributed by atoms with Crippen LogP contribution in [0.15, 0.2) is 52.9 Å². The largest absolute Gasteiger partial charge is 0.456 e. The van der Waals surface area contributed by atoms with Gasteiger partial charge in [0.2, 0.25) is 0 Å². The molecule has 0 fully saturated rings. The molecule has 0 unspecified atom stereocenters. The third-order valence-electron chi connectivity index (χ3n) is 5.91. The van der Waals surface area contributed by atoms with Gasteiger partial charge < -0.3 is 4.42 Å². The number of fused-ring (bicyclic) bond motifs is 3. The normalized spacial score (nSPS) is 12.5. The third kappa shape index (κ3) is 3.26. The maximum absolute atomic E-state index is 7.75. The fourth-order valence-corrected chi connectivity index (χ4v) is 5.60. The van der Waals surface area contributed by atoms with E-state index in [1.807, 2.05) is 12.1 Å². The van der Waals surface area contributed by atoms with Crippen molar-refractivity contribution < 1.29 is 4.42 Å². The van der Waals surface area contributed by atoms with Crippen molar-refractivity contribution in [3.63, 3.8) is 0 Å². The second-order valence-corrected chi connectivity index (χ2v) is 15.3. The van der Waals surface area contributed by atoms with Gasteiger partial charge in [-0.05, 0) is 23.5 Å². The predicted molar refractivity (Wildman–Crippen MR) is 132 cm³/mol. The van der Waals surface area contributed by atoms with Gasteiger partial charge in [0, 0.05) is 21.9 Å². The lowest BCUT2D eigenvalue weighted by molar-refractivity contribution is 0.569. The van der Waals surface area contributed by atoms with Gasteiger partial charge in [-0.25, -0.2) is 4.85 Å². The second-order valence-electron chi connectivity index (χ2n) is 10.3. The highest BCUT2D eigenvalue weighted by Crippen LogP contribution is 2.44. The molecule has 0 aliphatic heterocycles. The molecule has 0 N–H and O–H groups in total. The Labute approximate surface area is 180 Å². The molecule has 4 rings (SSSR count). The molecule has 3 heteroatoms. The van der Waals surface area contributed by atoms with Gasteiger partial charge in [0.1, 0.15) is 11.2 Å². The van der Waals surface area contributed by atoms with Gasteiger partial charge in [0.15, 0.2) is 5.69 Å². The molecule has 0 radical (unpaired) electrons. The zero-order valence-corrected chi connectivity index (χ0v) is 20.0. The van der Waals surface area contributed by atoms with E-state index in [-0.39, 0.29) is 5.41 Å². The number of rotatable bonds is 2. The highest BCUT2D eigenvalue weighted by molar-refractivity contribution is 6.88. The lowest BCUT2D eigenvalue weighted by Gasteiger charge is -2.21. The molecule has 0 spiro atoms. The SMILES string of the molecule is [C-]#[N+]c1ccc2c(oc3c(C(C)(C)C)c(C)ccc32)c1-c1ccc([Si](C)(C)C)cc1. The van der Waals surface area contributed by atoms with Gasteiger partial charge >= 0.3 is 0 Å². The summed E-state index contributed by atoms with van der Waals surface area (Å²) in [6, 6.07) is 17.1. The molecular formula is C27H29NOSi. The molecule has 0 aliphatic rings. The van der Waals surface area contributed by atoms with Crippen molar-refractivity contribution in [2.75, 3.05) is 0 Å². The fraction of sp³-hybridized carbons (Fsp3) is 0.296. The molecule has 152 valence electrons. The third-order valence-corrected chi connectivity index (χ3v) is 7.97. The van der Waals surface area contributed by atoms with Gasteiger partial charge in [-0.1, -0.05) is 94.1 Å². The van der Waals surface area contributed by atoms with E-state index < -0.39 is 8.07 Å². The zero-order chi connectivity index (χ0) is 21.8. The van der Waals surface area contributed by atoms with Gasteiger partial charge in [0.25, 0.3) is 0 Å². The molecular weight excluding hydrogens is 382 g/mol. The van der Waals surface area contributed by atoms with Crippen LogP contribution in [0.1, 0.15) is 31.9 Å². The summed E-state index contributed by atoms with van der Waals surface area (Å²) in [6.07, 6.45) is 0. The molecule has 4 aromatic rings. The molecule has 30 heavy (non-hydrogen) atoms. The molecule has 0 saturated heterocycles. The molecule has 3 aromatic carbocycles. The van der Waals surface area contributed by atoms with Crippen molar-refractivity contribution in [2.24, 2.45) is 0 Å². The predicted octanol–water partition coefficient (Wildman–Crippen LogP) is 7.95. The topological polar surface area (TPSA) is 17.5 Å². The van der Waals surface area contributed by atoms with E-state index >= 15 is 0 Å². The number of furan rings is 1. The fourth-order valence-electron chi connectivity index (χ4n) is 4.43. The summed E-state index contributed by atoms with van der Waals surface area (Å²) in [4.78, 5) is 3.83. The van der Waals surface area contributed by atoms with Crippen LogP contribution in [-0.2, 0) is 5.41 Å². The molecule has 1 aromatic heterocycles. The van der Waals surface area contributed by atoms with Crippen molar-refractivity contribution in [2.45, 2.75) is 52.8 Å². The standard InChI is InChI=1S/C27H29NOSi/c1-17-9-14-21-20-15-16-22(28-5)23(18-10-12-19(13-11-18)30(6,7)8)25(20)29-26(21)24(17)27(2,3)4/h9-16H,1-4,6-8H3. The quantitative estimate of drug-likeness (QED) is 0.242. The second kappa shape index (κ2) is 6.86. The Morgan fingerprint density at radius 2 is 1.43 bits per heavy atom. The Hall–Kier alpha value is -2.83. The number of benzene rings is 3. The maximum Gasteiger partial charge on any atom is 0.198 e. The summed E-state index contributed by atoms with van der Waals surface area (Å²) < 4.78 is 6.58. The molecule has 0 atom stereocenters. The van der Waals surface area contributed by atoms with E-state index in [1.54, 1.807) is 0 Å². The number of nitrogens with zero attached hydrogens (tertiary/aromatic N) is 1. The molecule has 1 heterocycles. The van der Waals surface area contributed by atoms with E-state index in [0.717, 1.165) is 33.1 Å². The molecule has 0 saturated carbocycles. The Balaban J connectivity index is 2.07. The first-order valence-electron chi connectivity index (χ1n) is 10.5. The van der Waals surface area contributed by atoms with Crippen LogP contribution >= 0.6 is 0 Å². The van der Waals surface area contributed by atoms with Crippen molar-refractivity contribution in [3.8, 4) is 11.1 Å². The van der Waals surface area contributed by atoms with E-state index in [2.05, 4.69) is 88.6 Å². The monoisotopic (exact) mass is 411 g/mol. The van der Waals surface area contributed by atoms with Crippen molar-refractivity contribution in [1.29, 1.82) is 0 Å². The number of hydrogen-bond donors (Lipinski definition) is 0. The Morgan fingerprint density at radius 1 is 0.833 bits per heavy atom. The Bertz CT molecular complexity index is 1310. The van der Waals surface area contributed by atoms with E-state index in [0.29, 0.717) is 5.69 Å². The average Bonchev–Trinajstić information content (AvgIpc) is 3.03. The highest BCUT2D eigenvalue weighted by atomic mass is 28.3. The van der Waals surface area contributed by atoms with Crippen LogP contribution in [0.3, 0.4) is 0 Å². The van der Waals surface area contributed by atoms with Crippen molar-refractivity contribution in [1.82, 2.24) is 0 Å². The minimum atomic E-state index is -1.38. The van der Waals surface area contributed by atoms with Gasteiger partial charge in [0.05, 0.1) is 14.6 Å². The van der Waals surface area contributed by atoms with Crippen LogP contribution in [0.5, 0.6) is 0 Å². The van der Waals surface area contributed by atoms with Crippen LogP contribution in [0, 0.1) is 13.5 Å². The minimum Gasteiger partial charge on any atom is -0.456 e. The first kappa shape index (κ1) is 20.4. The summed E-state index contributed by atoms with van der Waals surface area (Å²) >= 11 is 0. The van der Waals surface area contributed by atoms with Gasteiger partial charge in [-0.15, -0.1) is 0 Å². The molecule has 0 aliphatic carbocycles. The summed E-state index contributed by atoms with van der Waals surface area (Å²) in [5.41, 5.74) is 6.78. The zero-order valence-electron chi connectivity index (χ0n) is 19.0. The Morgan fingerprint density at radius 3 is 2.00 bits per heavy atom. The lowest BCUT2D eigenvalue weighted by atomic mass is 9.83. The number of aryl methyl sites for hydroxylation is 1. The molecule has 2 nitrogen and oxygen atoms in total. The van der Waals surface area contributed by atoms with Crippen molar-refractivity contribution in [3.05, 3.63) is 71.1 Å². The lowest BCUT2D eigenvalue weighted by Crippen LogP contribution is -2.37. The van der Waals surface area contributed by atoms with Crippen molar-refractivity contribution >= 4 is 40.9 Å². The molecule has 0 amide bonds. The van der Waals surface area contributed by atoms with Crippen LogP contribution < -0.4 is 5.19 Å². The van der Waals surface area contributed by atoms with E-state index in [4.69, 9.17) is 11.0 Å².